The number of para-hydroxylation sites is 1. The van der Waals surface area contributed by atoms with Crippen molar-refractivity contribution in [2.75, 3.05) is 13.1 Å². The molecule has 0 saturated carbocycles. The maximum atomic E-state index is 12.5. The van der Waals surface area contributed by atoms with Crippen LogP contribution in [-0.2, 0) is 4.79 Å². The number of rotatable bonds is 1. The zero-order valence-electron chi connectivity index (χ0n) is 10.4. The van der Waals surface area contributed by atoms with Crippen LogP contribution in [-0.4, -0.2) is 39.6 Å². The lowest BCUT2D eigenvalue weighted by molar-refractivity contribution is -0.121. The Balaban J connectivity index is 1.99. The minimum absolute atomic E-state index is 0.117. The van der Waals surface area contributed by atoms with E-state index in [1.165, 1.54) is 0 Å². The molecule has 1 aromatic heterocycles. The van der Waals surface area contributed by atoms with Crippen molar-refractivity contribution in [1.82, 2.24) is 14.9 Å². The molecule has 0 radical (unpaired) electrons. The van der Waals surface area contributed by atoms with Crippen LogP contribution in [0.25, 0.3) is 11.0 Å². The predicted octanol–water partition coefficient (Wildman–Crippen LogP) is 1.43. The van der Waals surface area contributed by atoms with E-state index in [1.807, 2.05) is 6.07 Å². The van der Waals surface area contributed by atoms with Crippen LogP contribution < -0.4 is 0 Å². The lowest BCUT2D eigenvalue weighted by Gasteiger charge is -2.26. The standard InChI is InChI=1S/C14H13N3O2/c18-10-3-2-8-17(9-10)14(19)11-4-1-5-12-13(11)16-7-6-15-12/h1,4-7H,2-3,8-9H2. The number of nitrogens with zero attached hydrogens (tertiary/aromatic N) is 3. The van der Waals surface area contributed by atoms with Crippen molar-refractivity contribution in [3.05, 3.63) is 36.2 Å². The molecule has 0 atom stereocenters. The average Bonchev–Trinajstić information content (AvgIpc) is 2.46. The fourth-order valence-corrected chi connectivity index (χ4v) is 2.35. The highest BCUT2D eigenvalue weighted by atomic mass is 16.2. The van der Waals surface area contributed by atoms with Gasteiger partial charge in [-0.15, -0.1) is 0 Å². The van der Waals surface area contributed by atoms with Crippen LogP contribution in [0.15, 0.2) is 30.6 Å². The third-order valence-corrected chi connectivity index (χ3v) is 3.27. The summed E-state index contributed by atoms with van der Waals surface area (Å²) in [7, 11) is 0. The molecule has 5 heteroatoms. The van der Waals surface area contributed by atoms with Crippen molar-refractivity contribution < 1.29 is 9.59 Å². The zero-order chi connectivity index (χ0) is 13.2. The summed E-state index contributed by atoms with van der Waals surface area (Å²) < 4.78 is 0. The number of carbonyl (C=O) groups excluding carboxylic acids is 2. The van der Waals surface area contributed by atoms with Gasteiger partial charge < -0.3 is 4.90 Å². The lowest BCUT2D eigenvalue weighted by atomic mass is 10.1. The number of aromatic nitrogens is 2. The van der Waals surface area contributed by atoms with Crippen molar-refractivity contribution in [2.45, 2.75) is 12.8 Å². The maximum absolute atomic E-state index is 12.5. The SMILES string of the molecule is O=C1CCCN(C(=O)c2cccc3nccnc23)C1. The molecule has 19 heavy (non-hydrogen) atoms. The summed E-state index contributed by atoms with van der Waals surface area (Å²) in [6.45, 7) is 0.830. The van der Waals surface area contributed by atoms with E-state index in [9.17, 15) is 9.59 Å². The molecule has 96 valence electrons. The monoisotopic (exact) mass is 255 g/mol. The van der Waals surface area contributed by atoms with Crippen molar-refractivity contribution in [1.29, 1.82) is 0 Å². The van der Waals surface area contributed by atoms with Crippen molar-refractivity contribution in [3.63, 3.8) is 0 Å². The summed E-state index contributed by atoms with van der Waals surface area (Å²) in [5.74, 6) is -0.0231. The Morgan fingerprint density at radius 1 is 1.21 bits per heavy atom. The van der Waals surface area contributed by atoms with Gasteiger partial charge in [0.1, 0.15) is 5.52 Å². The minimum atomic E-state index is -0.140. The first-order valence-corrected chi connectivity index (χ1v) is 6.26. The molecule has 1 saturated heterocycles. The van der Waals surface area contributed by atoms with Gasteiger partial charge in [-0.1, -0.05) is 6.07 Å². The zero-order valence-corrected chi connectivity index (χ0v) is 10.4. The number of fused-ring (bicyclic) bond motifs is 1. The van der Waals surface area contributed by atoms with E-state index in [0.717, 1.165) is 6.42 Å². The number of Topliss-reactive ketones (excluding diaryl/α,β-unsaturated/α-hetero) is 1. The Bertz CT molecular complexity index is 649. The summed E-state index contributed by atoms with van der Waals surface area (Å²) >= 11 is 0. The second kappa shape index (κ2) is 4.76. The topological polar surface area (TPSA) is 63.2 Å². The number of amides is 1. The van der Waals surface area contributed by atoms with Gasteiger partial charge in [0.25, 0.3) is 5.91 Å². The molecule has 0 N–H and O–H groups in total. The van der Waals surface area contributed by atoms with E-state index in [1.54, 1.807) is 29.4 Å². The van der Waals surface area contributed by atoms with Crippen molar-refractivity contribution >= 4 is 22.7 Å². The van der Waals surface area contributed by atoms with Gasteiger partial charge in [0.2, 0.25) is 0 Å². The maximum Gasteiger partial charge on any atom is 0.256 e. The summed E-state index contributed by atoms with van der Waals surface area (Å²) in [5, 5.41) is 0. The molecule has 2 aromatic rings. The Morgan fingerprint density at radius 2 is 2.05 bits per heavy atom. The average molecular weight is 255 g/mol. The summed E-state index contributed by atoms with van der Waals surface area (Å²) in [6.07, 6.45) is 4.47. The molecule has 0 aliphatic carbocycles. The number of hydrogen-bond acceptors (Lipinski definition) is 4. The van der Waals surface area contributed by atoms with Crippen LogP contribution in [0.5, 0.6) is 0 Å². The predicted molar refractivity (Wildman–Crippen MR) is 69.7 cm³/mol. The van der Waals surface area contributed by atoms with E-state index >= 15 is 0 Å². The molecule has 0 spiro atoms. The van der Waals surface area contributed by atoms with Crippen LogP contribution in [0, 0.1) is 0 Å². The van der Waals surface area contributed by atoms with Gasteiger partial charge in [0, 0.05) is 25.4 Å². The quantitative estimate of drug-likeness (QED) is 0.773. The molecule has 1 aliphatic heterocycles. The number of hydrogen-bond donors (Lipinski definition) is 0. The first-order chi connectivity index (χ1) is 9.25. The first-order valence-electron chi connectivity index (χ1n) is 6.26. The van der Waals surface area contributed by atoms with Crippen molar-refractivity contribution in [3.8, 4) is 0 Å². The molecule has 3 rings (SSSR count). The van der Waals surface area contributed by atoms with Gasteiger partial charge in [-0.25, -0.2) is 0 Å². The molecule has 0 unspecified atom stereocenters. The summed E-state index contributed by atoms with van der Waals surface area (Å²) in [6, 6.07) is 5.34. The summed E-state index contributed by atoms with van der Waals surface area (Å²) in [4.78, 5) is 33.9. The van der Waals surface area contributed by atoms with Gasteiger partial charge in [-0.3, -0.25) is 19.6 Å². The number of likely N-dealkylation sites (tertiary alicyclic amines) is 1. The molecule has 2 heterocycles. The normalized spacial score (nSPS) is 15.8. The fourth-order valence-electron chi connectivity index (χ4n) is 2.35. The van der Waals surface area contributed by atoms with Crippen molar-refractivity contribution in [2.24, 2.45) is 0 Å². The smallest absolute Gasteiger partial charge is 0.256 e. The highest BCUT2D eigenvalue weighted by molar-refractivity contribution is 6.05. The molecule has 0 bridgehead atoms. The third-order valence-electron chi connectivity index (χ3n) is 3.27. The molecule has 1 aromatic carbocycles. The van der Waals surface area contributed by atoms with E-state index in [4.69, 9.17) is 0 Å². The van der Waals surface area contributed by atoms with Gasteiger partial charge in [0.05, 0.1) is 17.6 Å². The highest BCUT2D eigenvalue weighted by Crippen LogP contribution is 2.17. The van der Waals surface area contributed by atoms with Gasteiger partial charge in [-0.05, 0) is 18.6 Å². The molecule has 5 nitrogen and oxygen atoms in total. The third kappa shape index (κ3) is 2.19. The Hall–Kier alpha value is -2.30. The van der Waals surface area contributed by atoms with Crippen LogP contribution in [0.1, 0.15) is 23.2 Å². The number of benzene rings is 1. The molecular weight excluding hydrogens is 242 g/mol. The second-order valence-corrected chi connectivity index (χ2v) is 4.60. The summed E-state index contributed by atoms with van der Waals surface area (Å²) in [5.41, 5.74) is 1.80. The van der Waals surface area contributed by atoms with Gasteiger partial charge in [-0.2, -0.15) is 0 Å². The Kier molecular flexibility index (Phi) is 2.95. The van der Waals surface area contributed by atoms with Crippen LogP contribution in [0.4, 0.5) is 0 Å². The lowest BCUT2D eigenvalue weighted by Crippen LogP contribution is -2.40. The molecule has 1 aliphatic rings. The second-order valence-electron chi connectivity index (χ2n) is 4.60. The minimum Gasteiger partial charge on any atom is -0.331 e. The van der Waals surface area contributed by atoms with Gasteiger partial charge in [0.15, 0.2) is 5.78 Å². The molecular formula is C14H13N3O2. The van der Waals surface area contributed by atoms with E-state index in [-0.39, 0.29) is 18.2 Å². The Labute approximate surface area is 110 Å². The molecule has 1 amide bonds. The van der Waals surface area contributed by atoms with E-state index < -0.39 is 0 Å². The number of carbonyl (C=O) groups is 2. The number of piperidine rings is 1. The Morgan fingerprint density at radius 3 is 2.89 bits per heavy atom. The largest absolute Gasteiger partial charge is 0.331 e. The van der Waals surface area contributed by atoms with Crippen LogP contribution in [0.3, 0.4) is 0 Å². The van der Waals surface area contributed by atoms with Gasteiger partial charge >= 0.3 is 0 Å². The number of ketones is 1. The van der Waals surface area contributed by atoms with Crippen LogP contribution >= 0.6 is 0 Å². The van der Waals surface area contributed by atoms with Crippen LogP contribution in [0.2, 0.25) is 0 Å². The van der Waals surface area contributed by atoms with E-state index in [0.29, 0.717) is 29.6 Å². The highest BCUT2D eigenvalue weighted by Gasteiger charge is 2.24. The molecule has 1 fully saturated rings. The van der Waals surface area contributed by atoms with E-state index in [2.05, 4.69) is 9.97 Å². The first kappa shape index (κ1) is 11.8. The fraction of sp³-hybridized carbons (Fsp3) is 0.286.